The molecule has 0 bridgehead atoms. The number of rotatable bonds is 2. The van der Waals surface area contributed by atoms with Crippen molar-refractivity contribution in [3.8, 4) is 0 Å². The number of nitrogens with zero attached hydrogens (tertiary/aromatic N) is 1. The molecule has 0 N–H and O–H groups in total. The first-order chi connectivity index (χ1) is 11.4. The third-order valence-electron chi connectivity index (χ3n) is 4.57. The van der Waals surface area contributed by atoms with E-state index in [1.165, 1.54) is 11.1 Å². The van der Waals surface area contributed by atoms with Gasteiger partial charge in [0, 0.05) is 13.1 Å². The Kier molecular flexibility index (Phi) is 4.61. The fraction of sp³-hybridized carbons (Fsp3) is 0.300. The molecule has 1 heterocycles. The summed E-state index contributed by atoms with van der Waals surface area (Å²) < 4.78 is 27.8. The Labute approximate surface area is 144 Å². The molecule has 1 aliphatic heterocycles. The second-order valence-electron chi connectivity index (χ2n) is 6.54. The normalized spacial score (nSPS) is 15.7. The van der Waals surface area contributed by atoms with Crippen molar-refractivity contribution in [3.63, 3.8) is 0 Å². The Morgan fingerprint density at radius 2 is 1.67 bits per heavy atom. The molecule has 0 spiro atoms. The molecule has 126 valence electrons. The Morgan fingerprint density at radius 3 is 2.33 bits per heavy atom. The van der Waals surface area contributed by atoms with Crippen LogP contribution in [0.5, 0.6) is 0 Å². The first-order valence-electron chi connectivity index (χ1n) is 8.21. The summed E-state index contributed by atoms with van der Waals surface area (Å²) in [7, 11) is -3.49. The van der Waals surface area contributed by atoms with E-state index in [-0.39, 0.29) is 0 Å². The maximum atomic E-state index is 13.1. The fourth-order valence-corrected chi connectivity index (χ4v) is 4.52. The zero-order chi connectivity index (χ0) is 17.3. The summed E-state index contributed by atoms with van der Waals surface area (Å²) in [5.74, 6) is 0. The molecule has 3 nitrogen and oxygen atoms in total. The first kappa shape index (κ1) is 16.9. The maximum absolute atomic E-state index is 13.1. The Balaban J connectivity index is 2.02. The highest BCUT2D eigenvalue weighted by Crippen LogP contribution is 2.30. The van der Waals surface area contributed by atoms with E-state index >= 15 is 0 Å². The zero-order valence-corrected chi connectivity index (χ0v) is 15.2. The molecule has 0 saturated heterocycles. The molecule has 0 unspecified atom stereocenters. The lowest BCUT2D eigenvalue weighted by molar-refractivity contribution is 0.453. The van der Waals surface area contributed by atoms with Crippen LogP contribution in [0, 0.1) is 6.92 Å². The van der Waals surface area contributed by atoms with Crippen molar-refractivity contribution in [1.29, 1.82) is 0 Å². The largest absolute Gasteiger partial charge is 0.243 e. The number of fused-ring (bicyclic) bond motifs is 1. The monoisotopic (exact) mass is 341 g/mol. The van der Waals surface area contributed by atoms with Crippen LogP contribution in [0.3, 0.4) is 0 Å². The molecule has 1 aliphatic rings. The van der Waals surface area contributed by atoms with Crippen molar-refractivity contribution in [3.05, 3.63) is 70.8 Å². The second kappa shape index (κ2) is 6.54. The smallest absolute Gasteiger partial charge is 0.207 e. The molecule has 2 aromatic rings. The van der Waals surface area contributed by atoms with Crippen LogP contribution in [-0.4, -0.2) is 25.8 Å². The molecule has 0 atom stereocenters. The van der Waals surface area contributed by atoms with Crippen molar-refractivity contribution in [2.24, 2.45) is 0 Å². The first-order valence-corrected chi connectivity index (χ1v) is 9.65. The molecule has 0 fully saturated rings. The van der Waals surface area contributed by atoms with Gasteiger partial charge in [0.25, 0.3) is 0 Å². The lowest BCUT2D eigenvalue weighted by Crippen LogP contribution is -2.33. The maximum Gasteiger partial charge on any atom is 0.243 e. The number of aryl methyl sites for hydroxylation is 1. The van der Waals surface area contributed by atoms with Crippen molar-refractivity contribution in [2.75, 3.05) is 13.1 Å². The van der Waals surface area contributed by atoms with E-state index in [0.29, 0.717) is 18.0 Å². The minimum absolute atomic E-state index is 0.368. The van der Waals surface area contributed by atoms with Crippen molar-refractivity contribution < 1.29 is 8.42 Å². The molecule has 0 amide bonds. The molecule has 3 rings (SSSR count). The van der Waals surface area contributed by atoms with Gasteiger partial charge in [0.05, 0.1) is 4.90 Å². The van der Waals surface area contributed by atoms with E-state index in [2.05, 4.69) is 12.1 Å². The van der Waals surface area contributed by atoms with Gasteiger partial charge in [0.1, 0.15) is 0 Å². The van der Waals surface area contributed by atoms with E-state index in [1.807, 2.05) is 45.0 Å². The minimum Gasteiger partial charge on any atom is -0.207 e. The van der Waals surface area contributed by atoms with E-state index in [4.69, 9.17) is 0 Å². The van der Waals surface area contributed by atoms with Gasteiger partial charge < -0.3 is 0 Å². The van der Waals surface area contributed by atoms with Gasteiger partial charge in [0.2, 0.25) is 10.0 Å². The predicted octanol–water partition coefficient (Wildman–Crippen LogP) is 4.04. The molecule has 0 aliphatic carbocycles. The second-order valence-corrected chi connectivity index (χ2v) is 8.48. The van der Waals surface area contributed by atoms with Gasteiger partial charge in [-0.25, -0.2) is 8.42 Å². The average molecular weight is 341 g/mol. The van der Waals surface area contributed by atoms with Crippen LogP contribution in [0.25, 0.3) is 5.57 Å². The predicted molar refractivity (Wildman–Crippen MR) is 98.4 cm³/mol. The van der Waals surface area contributed by atoms with Gasteiger partial charge >= 0.3 is 0 Å². The summed E-state index contributed by atoms with van der Waals surface area (Å²) in [6.07, 6.45) is 0.734. The summed E-state index contributed by atoms with van der Waals surface area (Å²) in [5, 5.41) is 0. The molecular formula is C20H23NO2S. The lowest BCUT2D eigenvalue weighted by Gasteiger charge is -2.21. The number of sulfonamides is 1. The molecular weight excluding hydrogens is 318 g/mol. The SMILES string of the molecule is CC(C)=C1CN(S(=O)(=O)c2ccc(C)cc2)CCc2ccccc21. The van der Waals surface area contributed by atoms with Crippen LogP contribution < -0.4 is 0 Å². The summed E-state index contributed by atoms with van der Waals surface area (Å²) >= 11 is 0. The molecule has 0 aromatic heterocycles. The van der Waals surface area contributed by atoms with Crippen LogP contribution in [0.1, 0.15) is 30.5 Å². The van der Waals surface area contributed by atoms with Crippen molar-refractivity contribution >= 4 is 15.6 Å². The summed E-state index contributed by atoms with van der Waals surface area (Å²) in [6, 6.07) is 15.3. The highest BCUT2D eigenvalue weighted by atomic mass is 32.2. The Bertz CT molecular complexity index is 876. The fourth-order valence-electron chi connectivity index (χ4n) is 3.11. The third-order valence-corrected chi connectivity index (χ3v) is 6.43. The number of hydrogen-bond acceptors (Lipinski definition) is 2. The number of hydrogen-bond donors (Lipinski definition) is 0. The van der Waals surface area contributed by atoms with Gasteiger partial charge in [-0.1, -0.05) is 47.5 Å². The van der Waals surface area contributed by atoms with Gasteiger partial charge in [-0.05, 0) is 56.0 Å². The Hall–Kier alpha value is -1.91. The Morgan fingerprint density at radius 1 is 1.00 bits per heavy atom. The van der Waals surface area contributed by atoms with Crippen molar-refractivity contribution in [1.82, 2.24) is 4.31 Å². The average Bonchev–Trinajstić information content (AvgIpc) is 2.75. The van der Waals surface area contributed by atoms with Crippen molar-refractivity contribution in [2.45, 2.75) is 32.1 Å². The molecule has 0 radical (unpaired) electrons. The van der Waals surface area contributed by atoms with Gasteiger partial charge in [0.15, 0.2) is 0 Å². The lowest BCUT2D eigenvalue weighted by atomic mass is 9.96. The number of allylic oxidation sites excluding steroid dienone is 1. The van der Waals surface area contributed by atoms with E-state index in [9.17, 15) is 8.42 Å². The molecule has 2 aromatic carbocycles. The minimum atomic E-state index is -3.49. The topological polar surface area (TPSA) is 37.4 Å². The standard InChI is InChI=1S/C20H23NO2S/c1-15(2)20-14-21(13-12-17-6-4-5-7-19(17)20)24(22,23)18-10-8-16(3)9-11-18/h4-11H,12-14H2,1-3H3. The van der Waals surface area contributed by atoms with E-state index in [1.54, 1.807) is 16.4 Å². The highest BCUT2D eigenvalue weighted by molar-refractivity contribution is 7.89. The van der Waals surface area contributed by atoms with E-state index < -0.39 is 10.0 Å². The quantitative estimate of drug-likeness (QED) is 0.827. The molecule has 0 saturated carbocycles. The van der Waals surface area contributed by atoms with Crippen LogP contribution >= 0.6 is 0 Å². The highest BCUT2D eigenvalue weighted by Gasteiger charge is 2.28. The summed E-state index contributed by atoms with van der Waals surface area (Å²) in [4.78, 5) is 0.368. The number of benzene rings is 2. The third kappa shape index (κ3) is 3.17. The van der Waals surface area contributed by atoms with Gasteiger partial charge in [-0.2, -0.15) is 4.31 Å². The molecule has 24 heavy (non-hydrogen) atoms. The van der Waals surface area contributed by atoms with Crippen LogP contribution in [-0.2, 0) is 16.4 Å². The van der Waals surface area contributed by atoms with Crippen LogP contribution in [0.15, 0.2) is 59.0 Å². The van der Waals surface area contributed by atoms with Gasteiger partial charge in [-0.15, -0.1) is 0 Å². The van der Waals surface area contributed by atoms with Crippen LogP contribution in [0.2, 0.25) is 0 Å². The molecule has 4 heteroatoms. The van der Waals surface area contributed by atoms with Gasteiger partial charge in [-0.3, -0.25) is 0 Å². The summed E-state index contributed by atoms with van der Waals surface area (Å²) in [6.45, 7) is 6.99. The van der Waals surface area contributed by atoms with E-state index in [0.717, 1.165) is 23.1 Å². The zero-order valence-electron chi connectivity index (χ0n) is 14.4. The summed E-state index contributed by atoms with van der Waals surface area (Å²) in [5.41, 5.74) is 5.73. The van der Waals surface area contributed by atoms with Crippen LogP contribution in [0.4, 0.5) is 0 Å².